The van der Waals surface area contributed by atoms with Gasteiger partial charge in [-0.05, 0) is 48.6 Å². The number of amides is 2. The summed E-state index contributed by atoms with van der Waals surface area (Å²) in [6, 6.07) is 12.9. The number of thioether (sulfide) groups is 1. The Balaban J connectivity index is 1.49. The van der Waals surface area contributed by atoms with Gasteiger partial charge in [-0.1, -0.05) is 50.5 Å². The Labute approximate surface area is 212 Å². The van der Waals surface area contributed by atoms with Gasteiger partial charge in [-0.3, -0.25) is 9.59 Å². The molecule has 0 aromatic heterocycles. The summed E-state index contributed by atoms with van der Waals surface area (Å²) in [6.07, 6.45) is 5.89. The van der Waals surface area contributed by atoms with Crippen LogP contribution in [0.15, 0.2) is 52.3 Å². The molecule has 0 unspecified atom stereocenters. The minimum atomic E-state index is -3.71. The van der Waals surface area contributed by atoms with Crippen LogP contribution < -0.4 is 10.2 Å². The van der Waals surface area contributed by atoms with Crippen LogP contribution in [0.1, 0.15) is 50.2 Å². The van der Waals surface area contributed by atoms with E-state index in [1.54, 1.807) is 25.2 Å². The summed E-state index contributed by atoms with van der Waals surface area (Å²) in [7, 11) is -2.07. The first-order valence-electron chi connectivity index (χ1n) is 12.2. The summed E-state index contributed by atoms with van der Waals surface area (Å²) in [5.41, 5.74) is 2.69. The molecular formula is C26H33N3O4S2. The number of anilines is 1. The van der Waals surface area contributed by atoms with Gasteiger partial charge in [-0.25, -0.2) is 8.42 Å². The third-order valence-corrected chi connectivity index (χ3v) is 9.82. The molecule has 1 saturated carbocycles. The summed E-state index contributed by atoms with van der Waals surface area (Å²) < 4.78 is 28.2. The van der Waals surface area contributed by atoms with Crippen LogP contribution >= 0.6 is 11.8 Å². The molecule has 35 heavy (non-hydrogen) atoms. The van der Waals surface area contributed by atoms with E-state index in [2.05, 4.69) is 12.2 Å². The number of fused-ring (bicyclic) bond motifs is 1. The Hall–Kier alpha value is -2.36. The van der Waals surface area contributed by atoms with Crippen molar-refractivity contribution in [2.45, 2.75) is 67.8 Å². The molecule has 2 aromatic carbocycles. The zero-order valence-corrected chi connectivity index (χ0v) is 22.0. The largest absolute Gasteiger partial charge is 0.350 e. The molecule has 1 N–H and O–H groups in total. The van der Waals surface area contributed by atoms with Gasteiger partial charge < -0.3 is 10.2 Å². The van der Waals surface area contributed by atoms with Gasteiger partial charge in [0.25, 0.3) is 0 Å². The van der Waals surface area contributed by atoms with E-state index in [1.165, 1.54) is 26.5 Å². The SMILES string of the molecule is CCc1ccc(CNC(=O)CN2C(=O)CSc3ccc(S(=O)(=O)N(C)C4CCCCC4)cc32)cc1. The topological polar surface area (TPSA) is 86.8 Å². The number of nitrogens with one attached hydrogen (secondary N) is 1. The number of sulfonamides is 1. The molecule has 2 aliphatic rings. The fraction of sp³-hybridized carbons (Fsp3) is 0.462. The van der Waals surface area contributed by atoms with E-state index < -0.39 is 10.0 Å². The van der Waals surface area contributed by atoms with E-state index in [1.807, 2.05) is 24.3 Å². The smallest absolute Gasteiger partial charge is 0.243 e. The molecule has 0 atom stereocenters. The maximum atomic E-state index is 13.4. The van der Waals surface area contributed by atoms with Crippen molar-refractivity contribution in [3.8, 4) is 0 Å². The van der Waals surface area contributed by atoms with Gasteiger partial charge in [0, 0.05) is 24.5 Å². The molecule has 9 heteroatoms. The zero-order valence-electron chi connectivity index (χ0n) is 20.3. The first-order valence-corrected chi connectivity index (χ1v) is 14.6. The lowest BCUT2D eigenvalue weighted by atomic mass is 9.96. The van der Waals surface area contributed by atoms with E-state index in [-0.39, 0.29) is 35.0 Å². The molecule has 7 nitrogen and oxygen atoms in total. The molecule has 1 aliphatic carbocycles. The molecule has 2 aromatic rings. The average molecular weight is 516 g/mol. The third kappa shape index (κ3) is 5.90. The Morgan fingerprint density at radius 3 is 2.46 bits per heavy atom. The van der Waals surface area contributed by atoms with Crippen LogP contribution in [0.25, 0.3) is 0 Å². The quantitative estimate of drug-likeness (QED) is 0.575. The second-order valence-corrected chi connectivity index (χ2v) is 12.2. The highest BCUT2D eigenvalue weighted by Gasteiger charge is 2.32. The first kappa shape index (κ1) is 25.7. The molecule has 0 radical (unpaired) electrons. The fourth-order valence-corrected chi connectivity index (χ4v) is 6.97. The third-order valence-electron chi connectivity index (χ3n) is 6.86. The lowest BCUT2D eigenvalue weighted by molar-refractivity contribution is -0.123. The number of nitrogens with zero attached hydrogens (tertiary/aromatic N) is 2. The van der Waals surface area contributed by atoms with E-state index in [4.69, 9.17) is 0 Å². The van der Waals surface area contributed by atoms with Gasteiger partial charge in [0.1, 0.15) is 6.54 Å². The minimum Gasteiger partial charge on any atom is -0.350 e. The average Bonchev–Trinajstić information content (AvgIpc) is 2.89. The predicted molar refractivity (Wildman–Crippen MR) is 139 cm³/mol. The van der Waals surface area contributed by atoms with Gasteiger partial charge >= 0.3 is 0 Å². The van der Waals surface area contributed by atoms with Gasteiger partial charge in [0.2, 0.25) is 21.8 Å². The van der Waals surface area contributed by atoms with Gasteiger partial charge in [0.15, 0.2) is 0 Å². The molecule has 4 rings (SSSR count). The molecule has 1 heterocycles. The van der Waals surface area contributed by atoms with Crippen LogP contribution in [0.4, 0.5) is 5.69 Å². The molecule has 1 aliphatic heterocycles. The summed E-state index contributed by atoms with van der Waals surface area (Å²) >= 11 is 1.37. The second-order valence-electron chi connectivity index (χ2n) is 9.16. The molecule has 188 valence electrons. The Bertz CT molecular complexity index is 1180. The van der Waals surface area contributed by atoms with Crippen molar-refractivity contribution < 1.29 is 18.0 Å². The maximum Gasteiger partial charge on any atom is 0.243 e. The normalized spacial score (nSPS) is 16.9. The van der Waals surface area contributed by atoms with Crippen molar-refractivity contribution in [1.82, 2.24) is 9.62 Å². The number of hydrogen-bond acceptors (Lipinski definition) is 5. The van der Waals surface area contributed by atoms with Crippen LogP contribution in [-0.4, -0.2) is 49.9 Å². The van der Waals surface area contributed by atoms with Crippen molar-refractivity contribution in [1.29, 1.82) is 0 Å². The summed E-state index contributed by atoms with van der Waals surface area (Å²) in [5.74, 6) is -0.282. The second kappa shape index (κ2) is 11.1. The molecule has 0 spiro atoms. The highest BCUT2D eigenvalue weighted by Crippen LogP contribution is 2.38. The van der Waals surface area contributed by atoms with E-state index in [0.29, 0.717) is 12.2 Å². The Kier molecular flexibility index (Phi) is 8.19. The number of hydrogen-bond donors (Lipinski definition) is 1. The van der Waals surface area contributed by atoms with E-state index in [0.717, 1.165) is 49.0 Å². The Morgan fingerprint density at radius 2 is 1.77 bits per heavy atom. The fourth-order valence-electron chi connectivity index (χ4n) is 4.62. The van der Waals surface area contributed by atoms with Crippen molar-refractivity contribution >= 4 is 39.3 Å². The van der Waals surface area contributed by atoms with Gasteiger partial charge in [-0.2, -0.15) is 4.31 Å². The number of benzene rings is 2. The van der Waals surface area contributed by atoms with Crippen LogP contribution in [-0.2, 0) is 32.6 Å². The standard InChI is InChI=1S/C26H33N3O4S2/c1-3-19-9-11-20(12-10-19)16-27-25(30)17-29-23-15-22(13-14-24(23)34-18-26(29)31)35(32,33)28(2)21-7-5-4-6-8-21/h9-15,21H,3-8,16-18H2,1-2H3,(H,27,30). The minimum absolute atomic E-state index is 0.00550. The molecule has 0 saturated heterocycles. The lowest BCUT2D eigenvalue weighted by Crippen LogP contribution is -2.43. The molecular weight excluding hydrogens is 482 g/mol. The number of rotatable bonds is 8. The maximum absolute atomic E-state index is 13.4. The highest BCUT2D eigenvalue weighted by molar-refractivity contribution is 8.00. The van der Waals surface area contributed by atoms with Gasteiger partial charge in [-0.15, -0.1) is 11.8 Å². The predicted octanol–water partition coefficient (Wildman–Crippen LogP) is 3.96. The zero-order chi connectivity index (χ0) is 25.0. The summed E-state index contributed by atoms with van der Waals surface area (Å²) in [4.78, 5) is 27.8. The Morgan fingerprint density at radius 1 is 1.09 bits per heavy atom. The van der Waals surface area contributed by atoms with Crippen LogP contribution in [0, 0.1) is 0 Å². The molecule has 0 bridgehead atoms. The number of carbonyl (C=O) groups is 2. The molecule has 2 amide bonds. The van der Waals surface area contributed by atoms with Crippen LogP contribution in [0.5, 0.6) is 0 Å². The highest BCUT2D eigenvalue weighted by atomic mass is 32.2. The molecule has 1 fully saturated rings. The van der Waals surface area contributed by atoms with Crippen molar-refractivity contribution in [3.63, 3.8) is 0 Å². The lowest BCUT2D eigenvalue weighted by Gasteiger charge is -2.32. The van der Waals surface area contributed by atoms with E-state index >= 15 is 0 Å². The van der Waals surface area contributed by atoms with Crippen molar-refractivity contribution in [2.75, 3.05) is 24.2 Å². The summed E-state index contributed by atoms with van der Waals surface area (Å²) in [6.45, 7) is 2.31. The van der Waals surface area contributed by atoms with E-state index in [9.17, 15) is 18.0 Å². The number of aryl methyl sites for hydroxylation is 1. The monoisotopic (exact) mass is 515 g/mol. The van der Waals surface area contributed by atoms with Crippen LogP contribution in [0.3, 0.4) is 0 Å². The van der Waals surface area contributed by atoms with Gasteiger partial charge in [0.05, 0.1) is 16.3 Å². The van der Waals surface area contributed by atoms with Crippen molar-refractivity contribution in [3.05, 3.63) is 53.6 Å². The summed E-state index contributed by atoms with van der Waals surface area (Å²) in [5, 5.41) is 2.88. The van der Waals surface area contributed by atoms with Crippen LogP contribution in [0.2, 0.25) is 0 Å². The number of carbonyl (C=O) groups excluding carboxylic acids is 2. The first-order chi connectivity index (χ1) is 16.8. The van der Waals surface area contributed by atoms with Crippen molar-refractivity contribution in [2.24, 2.45) is 0 Å².